The summed E-state index contributed by atoms with van der Waals surface area (Å²) in [6, 6.07) is 0. The average Bonchev–Trinajstić information content (AvgIpc) is 1.85. The van der Waals surface area contributed by atoms with Gasteiger partial charge in [0.1, 0.15) is 0 Å². The molecule has 1 nitrogen and oxygen atoms in total. The lowest BCUT2D eigenvalue weighted by molar-refractivity contribution is 0.0379. The Morgan fingerprint density at radius 2 is 2.09 bits per heavy atom. The summed E-state index contributed by atoms with van der Waals surface area (Å²) in [7, 11) is 0. The van der Waals surface area contributed by atoms with Crippen LogP contribution in [0.25, 0.3) is 0 Å². The van der Waals surface area contributed by atoms with Crippen molar-refractivity contribution in [1.29, 1.82) is 0 Å². The van der Waals surface area contributed by atoms with Gasteiger partial charge in [-0.25, -0.2) is 0 Å². The van der Waals surface area contributed by atoms with Crippen LogP contribution in [0, 0.1) is 5.41 Å². The Morgan fingerprint density at radius 1 is 1.36 bits per heavy atom. The van der Waals surface area contributed by atoms with Gasteiger partial charge in [0.05, 0.1) is 12.7 Å². The number of hydrogen-bond donors (Lipinski definition) is 0. The van der Waals surface area contributed by atoms with Crippen molar-refractivity contribution >= 4 is 0 Å². The molecule has 0 amide bonds. The van der Waals surface area contributed by atoms with Gasteiger partial charge >= 0.3 is 0 Å². The van der Waals surface area contributed by atoms with Gasteiger partial charge in [-0.2, -0.15) is 0 Å². The van der Waals surface area contributed by atoms with E-state index in [1.165, 1.54) is 0 Å². The average molecular weight is 154 g/mol. The van der Waals surface area contributed by atoms with Crippen molar-refractivity contribution in [3.63, 3.8) is 0 Å². The zero-order chi connectivity index (χ0) is 8.32. The third-order valence-corrected chi connectivity index (χ3v) is 1.83. The number of ether oxygens (including phenoxy) is 1. The predicted octanol–water partition coefficient (Wildman–Crippen LogP) is 2.77. The van der Waals surface area contributed by atoms with Gasteiger partial charge in [0.25, 0.3) is 0 Å². The van der Waals surface area contributed by atoms with Gasteiger partial charge in [0.15, 0.2) is 0 Å². The maximum Gasteiger partial charge on any atom is 0.0651 e. The van der Waals surface area contributed by atoms with Crippen LogP contribution in [0.4, 0.5) is 0 Å². The molecule has 1 aliphatic heterocycles. The van der Waals surface area contributed by atoms with Crippen LogP contribution in [0.3, 0.4) is 0 Å². The molecule has 0 aliphatic carbocycles. The van der Waals surface area contributed by atoms with Crippen molar-refractivity contribution in [2.24, 2.45) is 5.41 Å². The Kier molecular flexibility index (Phi) is 2.72. The van der Waals surface area contributed by atoms with Crippen LogP contribution < -0.4 is 0 Å². The quantitative estimate of drug-likeness (QED) is 0.528. The Bertz CT molecular complexity index is 141. The van der Waals surface area contributed by atoms with Gasteiger partial charge in [-0.1, -0.05) is 32.9 Å². The van der Waals surface area contributed by atoms with Crippen LogP contribution in [0.15, 0.2) is 12.2 Å². The highest BCUT2D eigenvalue weighted by Gasteiger charge is 2.19. The lowest BCUT2D eigenvalue weighted by Crippen LogP contribution is -2.22. The monoisotopic (exact) mass is 154 g/mol. The van der Waals surface area contributed by atoms with Crippen LogP contribution in [-0.2, 0) is 4.74 Å². The van der Waals surface area contributed by atoms with Crippen molar-refractivity contribution < 1.29 is 4.74 Å². The zero-order valence-electron chi connectivity index (χ0n) is 7.76. The molecule has 1 unspecified atom stereocenters. The number of hydrogen-bond acceptors (Lipinski definition) is 1. The van der Waals surface area contributed by atoms with Crippen molar-refractivity contribution in [3.8, 4) is 0 Å². The maximum absolute atomic E-state index is 5.57. The second kappa shape index (κ2) is 3.40. The lowest BCUT2D eigenvalue weighted by atomic mass is 9.88. The molecule has 0 saturated carbocycles. The molecule has 0 N–H and O–H groups in total. The SMILES string of the molecule is CC(C)(C)CC1CC=CCO1. The Morgan fingerprint density at radius 3 is 2.55 bits per heavy atom. The van der Waals surface area contributed by atoms with Gasteiger partial charge in [-0.15, -0.1) is 0 Å². The molecule has 0 aromatic heterocycles. The van der Waals surface area contributed by atoms with Crippen LogP contribution >= 0.6 is 0 Å². The first-order chi connectivity index (χ1) is 5.08. The molecule has 1 aliphatic rings. The normalized spacial score (nSPS) is 25.5. The van der Waals surface area contributed by atoms with Gasteiger partial charge in [0, 0.05) is 0 Å². The molecule has 0 saturated heterocycles. The van der Waals surface area contributed by atoms with Crippen molar-refractivity contribution in [3.05, 3.63) is 12.2 Å². The predicted molar refractivity (Wildman–Crippen MR) is 47.6 cm³/mol. The summed E-state index contributed by atoms with van der Waals surface area (Å²) in [5.74, 6) is 0. The molecule has 1 heterocycles. The van der Waals surface area contributed by atoms with E-state index in [-0.39, 0.29) is 0 Å². The van der Waals surface area contributed by atoms with E-state index in [0.717, 1.165) is 19.4 Å². The van der Waals surface area contributed by atoms with E-state index in [2.05, 4.69) is 32.9 Å². The summed E-state index contributed by atoms with van der Waals surface area (Å²) in [5, 5.41) is 0. The molecule has 0 spiro atoms. The molecule has 64 valence electrons. The van der Waals surface area contributed by atoms with E-state index in [1.54, 1.807) is 0 Å². The van der Waals surface area contributed by atoms with Gasteiger partial charge in [-0.3, -0.25) is 0 Å². The fourth-order valence-corrected chi connectivity index (χ4v) is 1.40. The van der Waals surface area contributed by atoms with Crippen LogP contribution in [-0.4, -0.2) is 12.7 Å². The van der Waals surface area contributed by atoms with Crippen molar-refractivity contribution in [2.75, 3.05) is 6.61 Å². The van der Waals surface area contributed by atoms with Crippen molar-refractivity contribution in [1.82, 2.24) is 0 Å². The number of rotatable bonds is 1. The largest absolute Gasteiger partial charge is 0.374 e. The van der Waals surface area contributed by atoms with E-state index in [0.29, 0.717) is 11.5 Å². The highest BCUT2D eigenvalue weighted by molar-refractivity contribution is 4.90. The molecule has 0 bridgehead atoms. The van der Waals surface area contributed by atoms with E-state index in [1.807, 2.05) is 0 Å². The first-order valence-corrected chi connectivity index (χ1v) is 4.34. The molecular weight excluding hydrogens is 136 g/mol. The van der Waals surface area contributed by atoms with Crippen LogP contribution in [0.2, 0.25) is 0 Å². The molecule has 0 radical (unpaired) electrons. The first kappa shape index (κ1) is 8.79. The lowest BCUT2D eigenvalue weighted by Gasteiger charge is -2.26. The van der Waals surface area contributed by atoms with Gasteiger partial charge < -0.3 is 4.74 Å². The molecule has 0 fully saturated rings. The molecule has 1 rings (SSSR count). The van der Waals surface area contributed by atoms with E-state index < -0.39 is 0 Å². The summed E-state index contributed by atoms with van der Waals surface area (Å²) in [6.45, 7) is 7.58. The fraction of sp³-hybridized carbons (Fsp3) is 0.800. The Hall–Kier alpha value is -0.300. The van der Waals surface area contributed by atoms with Gasteiger partial charge in [0.2, 0.25) is 0 Å². The van der Waals surface area contributed by atoms with E-state index in [9.17, 15) is 0 Å². The van der Waals surface area contributed by atoms with Crippen LogP contribution in [0.5, 0.6) is 0 Å². The smallest absolute Gasteiger partial charge is 0.0651 e. The minimum absolute atomic E-state index is 0.399. The Balaban J connectivity index is 2.32. The first-order valence-electron chi connectivity index (χ1n) is 4.34. The summed E-state index contributed by atoms with van der Waals surface area (Å²) < 4.78 is 5.57. The highest BCUT2D eigenvalue weighted by Crippen LogP contribution is 2.25. The summed E-state index contributed by atoms with van der Waals surface area (Å²) in [5.41, 5.74) is 0.399. The van der Waals surface area contributed by atoms with Crippen LogP contribution in [0.1, 0.15) is 33.6 Å². The topological polar surface area (TPSA) is 9.23 Å². The fourth-order valence-electron chi connectivity index (χ4n) is 1.40. The Labute approximate surface area is 69.4 Å². The van der Waals surface area contributed by atoms with Crippen molar-refractivity contribution in [2.45, 2.75) is 39.7 Å². The minimum Gasteiger partial charge on any atom is -0.374 e. The molecule has 0 aromatic rings. The third kappa shape index (κ3) is 3.57. The minimum atomic E-state index is 0.399. The van der Waals surface area contributed by atoms with E-state index in [4.69, 9.17) is 4.74 Å². The summed E-state index contributed by atoms with van der Waals surface area (Å²) in [6.07, 6.45) is 7.04. The van der Waals surface area contributed by atoms with Gasteiger partial charge in [-0.05, 0) is 18.3 Å². The van der Waals surface area contributed by atoms with E-state index >= 15 is 0 Å². The third-order valence-electron chi connectivity index (χ3n) is 1.83. The molecule has 1 heteroatoms. The molecule has 1 atom stereocenters. The summed E-state index contributed by atoms with van der Waals surface area (Å²) >= 11 is 0. The maximum atomic E-state index is 5.57. The zero-order valence-corrected chi connectivity index (χ0v) is 7.76. The highest BCUT2D eigenvalue weighted by atomic mass is 16.5. The standard InChI is InChI=1S/C10H18O/c1-10(2,3)8-9-6-4-5-7-11-9/h4-5,9H,6-8H2,1-3H3. The molecule has 11 heavy (non-hydrogen) atoms. The second-order valence-corrected chi connectivity index (χ2v) is 4.43. The molecular formula is C10H18O. The summed E-state index contributed by atoms with van der Waals surface area (Å²) in [4.78, 5) is 0. The molecule has 0 aromatic carbocycles. The second-order valence-electron chi connectivity index (χ2n) is 4.43.